The highest BCUT2D eigenvalue weighted by Crippen LogP contribution is 2.64. The zero-order valence-corrected chi connectivity index (χ0v) is 25.2. The molecule has 1 aromatic carbocycles. The number of esters is 1. The van der Waals surface area contributed by atoms with E-state index in [2.05, 4.69) is 42.3 Å². The van der Waals surface area contributed by atoms with E-state index in [0.29, 0.717) is 24.4 Å². The average molecular weight is 578 g/mol. The Labute approximate surface area is 250 Å². The highest BCUT2D eigenvalue weighted by atomic mass is 16.6. The smallest absolute Gasteiger partial charge is 0.325 e. The van der Waals surface area contributed by atoms with E-state index in [-0.39, 0.29) is 48.1 Å². The number of ether oxygens (including phenoxy) is 2. The molecule has 6 fully saturated rings. The van der Waals surface area contributed by atoms with Crippen molar-refractivity contribution in [3.8, 4) is 6.07 Å². The first kappa shape index (κ1) is 29.4. The van der Waals surface area contributed by atoms with Crippen LogP contribution in [0.25, 0.3) is 0 Å². The van der Waals surface area contributed by atoms with Gasteiger partial charge >= 0.3 is 5.97 Å². The lowest BCUT2D eigenvalue weighted by atomic mass is 9.46. The molecule has 3 unspecified atom stereocenters. The summed E-state index contributed by atoms with van der Waals surface area (Å²) >= 11 is 0. The molecule has 1 amide bonds. The largest absolute Gasteiger partial charge is 0.462 e. The van der Waals surface area contributed by atoms with E-state index in [1.165, 1.54) is 12.0 Å². The van der Waals surface area contributed by atoms with E-state index < -0.39 is 6.04 Å². The van der Waals surface area contributed by atoms with Crippen LogP contribution in [0, 0.1) is 34.5 Å². The van der Waals surface area contributed by atoms with Crippen LogP contribution >= 0.6 is 0 Å². The van der Waals surface area contributed by atoms with Crippen LogP contribution in [0.5, 0.6) is 0 Å². The number of likely N-dealkylation sites (tertiary alicyclic amines) is 1. The summed E-state index contributed by atoms with van der Waals surface area (Å²) in [7, 11) is 0. The van der Waals surface area contributed by atoms with Crippen LogP contribution in [0.15, 0.2) is 24.3 Å². The Morgan fingerprint density at radius 2 is 1.81 bits per heavy atom. The maximum atomic E-state index is 13.7. The normalized spacial score (nSPS) is 34.6. The number of benzene rings is 1. The standard InChI is InChI=1S/C33H47N5O4/c1-3-37(4-2)20-22-5-7-26(8-6-22)36-19-29(39)41-9-10-42-33-16-23-11-24(17-33)15-32(14-23,21-33)30(35)31(40)38-27(18-34)12-25-13-28(25)38/h5-8,23-25,27-28,30,36H,3-4,9-17,19-21,35H2,1-2H3/t23-,24?,25+,27-,28-,30+,32?,33?/m0/s1. The predicted molar refractivity (Wildman–Crippen MR) is 159 cm³/mol. The molecule has 8 atom stereocenters. The van der Waals surface area contributed by atoms with Crippen LogP contribution in [0.1, 0.15) is 70.8 Å². The topological polar surface area (TPSA) is 121 Å². The fraction of sp³-hybridized carbons (Fsp3) is 0.727. The molecule has 0 aromatic heterocycles. The molecule has 3 N–H and O–H groups in total. The van der Waals surface area contributed by atoms with Crippen molar-refractivity contribution in [2.45, 2.75) is 95.5 Å². The zero-order valence-electron chi connectivity index (χ0n) is 25.2. The summed E-state index contributed by atoms with van der Waals surface area (Å²) in [5.74, 6) is 1.17. The van der Waals surface area contributed by atoms with Crippen molar-refractivity contribution in [2.24, 2.45) is 28.9 Å². The van der Waals surface area contributed by atoms with Gasteiger partial charge < -0.3 is 25.4 Å². The Kier molecular flexibility index (Phi) is 8.25. The molecule has 4 bridgehead atoms. The van der Waals surface area contributed by atoms with Crippen molar-refractivity contribution >= 4 is 17.6 Å². The quantitative estimate of drug-likeness (QED) is 0.269. The molecule has 1 aromatic rings. The first-order valence-corrected chi connectivity index (χ1v) is 16.1. The fourth-order valence-electron chi connectivity index (χ4n) is 9.16. The number of nitrogens with zero attached hydrogens (tertiary/aromatic N) is 3. The second-order valence-electron chi connectivity index (χ2n) is 13.8. The van der Waals surface area contributed by atoms with Crippen molar-refractivity contribution in [3.63, 3.8) is 0 Å². The Morgan fingerprint density at radius 1 is 1.10 bits per heavy atom. The van der Waals surface area contributed by atoms with E-state index in [1.54, 1.807) is 0 Å². The van der Waals surface area contributed by atoms with Gasteiger partial charge in [0, 0.05) is 18.3 Å². The summed E-state index contributed by atoms with van der Waals surface area (Å²) in [5.41, 5.74) is 8.41. The molecular formula is C33H47N5O4. The Hall–Kier alpha value is -2.67. The summed E-state index contributed by atoms with van der Waals surface area (Å²) in [5, 5.41) is 12.8. The number of nitrogens with one attached hydrogen (secondary N) is 1. The molecule has 0 spiro atoms. The van der Waals surface area contributed by atoms with Gasteiger partial charge in [-0.2, -0.15) is 5.26 Å². The van der Waals surface area contributed by atoms with Gasteiger partial charge in [0.1, 0.15) is 19.2 Å². The molecule has 5 aliphatic carbocycles. The van der Waals surface area contributed by atoms with Crippen LogP contribution in [0.4, 0.5) is 5.69 Å². The lowest BCUT2D eigenvalue weighted by molar-refractivity contribution is -0.205. The number of nitrogens with two attached hydrogens (primary N) is 1. The van der Waals surface area contributed by atoms with Crippen molar-refractivity contribution in [2.75, 3.05) is 38.2 Å². The van der Waals surface area contributed by atoms with E-state index in [0.717, 1.165) is 70.3 Å². The molecule has 1 saturated heterocycles. The molecular weight excluding hydrogens is 530 g/mol. The zero-order chi connectivity index (χ0) is 29.5. The van der Waals surface area contributed by atoms with Crippen LogP contribution in [-0.2, 0) is 25.6 Å². The molecule has 9 nitrogen and oxygen atoms in total. The maximum Gasteiger partial charge on any atom is 0.325 e. The summed E-state index contributed by atoms with van der Waals surface area (Å²) in [6.07, 6.45) is 7.68. The van der Waals surface area contributed by atoms with Crippen LogP contribution in [0.3, 0.4) is 0 Å². The van der Waals surface area contributed by atoms with E-state index in [9.17, 15) is 14.9 Å². The number of carbonyl (C=O) groups excluding carboxylic acids is 2. The van der Waals surface area contributed by atoms with Gasteiger partial charge in [0.05, 0.1) is 24.3 Å². The average Bonchev–Trinajstić information content (AvgIpc) is 3.65. The Bertz CT molecular complexity index is 1180. The van der Waals surface area contributed by atoms with Crippen LogP contribution in [-0.4, -0.2) is 78.3 Å². The molecule has 42 heavy (non-hydrogen) atoms. The molecule has 1 heterocycles. The van der Waals surface area contributed by atoms with Gasteiger partial charge in [-0.15, -0.1) is 0 Å². The number of piperidine rings is 1. The lowest BCUT2D eigenvalue weighted by Gasteiger charge is -2.63. The highest BCUT2D eigenvalue weighted by molar-refractivity contribution is 5.84. The molecule has 228 valence electrons. The summed E-state index contributed by atoms with van der Waals surface area (Å²) in [6.45, 7) is 7.94. The monoisotopic (exact) mass is 577 g/mol. The van der Waals surface area contributed by atoms with Gasteiger partial charge in [0.2, 0.25) is 5.91 Å². The van der Waals surface area contributed by atoms with Gasteiger partial charge in [0.25, 0.3) is 0 Å². The number of rotatable bonds is 13. The molecule has 5 saturated carbocycles. The summed E-state index contributed by atoms with van der Waals surface area (Å²) in [4.78, 5) is 30.3. The summed E-state index contributed by atoms with van der Waals surface area (Å²) in [6, 6.07) is 9.83. The second kappa shape index (κ2) is 11.8. The summed E-state index contributed by atoms with van der Waals surface area (Å²) < 4.78 is 12.0. The molecule has 6 aliphatic rings. The number of fused-ring (bicyclic) bond motifs is 1. The van der Waals surface area contributed by atoms with Crippen molar-refractivity contribution in [3.05, 3.63) is 29.8 Å². The van der Waals surface area contributed by atoms with Gasteiger partial charge in [0.15, 0.2) is 0 Å². The third kappa shape index (κ3) is 5.78. The van der Waals surface area contributed by atoms with Crippen LogP contribution in [0.2, 0.25) is 0 Å². The number of carbonyl (C=O) groups is 2. The number of hydrogen-bond acceptors (Lipinski definition) is 8. The minimum atomic E-state index is -0.586. The maximum absolute atomic E-state index is 13.7. The van der Waals surface area contributed by atoms with Crippen molar-refractivity contribution in [1.29, 1.82) is 5.26 Å². The number of anilines is 1. The van der Waals surface area contributed by atoms with Gasteiger partial charge in [-0.1, -0.05) is 26.0 Å². The van der Waals surface area contributed by atoms with Gasteiger partial charge in [-0.3, -0.25) is 14.5 Å². The molecule has 7 rings (SSSR count). The van der Waals surface area contributed by atoms with E-state index in [1.807, 2.05) is 17.0 Å². The fourth-order valence-corrected chi connectivity index (χ4v) is 9.16. The molecule has 1 aliphatic heterocycles. The van der Waals surface area contributed by atoms with Crippen molar-refractivity contribution in [1.82, 2.24) is 9.80 Å². The van der Waals surface area contributed by atoms with Gasteiger partial charge in [-0.25, -0.2) is 0 Å². The first-order chi connectivity index (χ1) is 20.3. The predicted octanol–water partition coefficient (Wildman–Crippen LogP) is 3.68. The van der Waals surface area contributed by atoms with E-state index in [4.69, 9.17) is 15.2 Å². The second-order valence-corrected chi connectivity index (χ2v) is 13.8. The lowest BCUT2D eigenvalue weighted by Crippen LogP contribution is -2.65. The minimum Gasteiger partial charge on any atom is -0.462 e. The minimum absolute atomic E-state index is 0.0244. The van der Waals surface area contributed by atoms with Gasteiger partial charge in [-0.05, 0) is 105 Å². The molecule has 9 heteroatoms. The third-order valence-electron chi connectivity index (χ3n) is 10.9. The SMILES string of the molecule is CCN(CC)Cc1ccc(NCC(=O)OCCOC23CC4C[C@H](C2)CC([C@H](N)C(=O)N2[C@H](C#N)C[C@@H]5C[C@@H]52)(C4)C3)cc1. The molecule has 0 radical (unpaired) electrons. The third-order valence-corrected chi connectivity index (χ3v) is 10.9. The number of hydrogen-bond donors (Lipinski definition) is 2. The van der Waals surface area contributed by atoms with Crippen LogP contribution < -0.4 is 11.1 Å². The Morgan fingerprint density at radius 3 is 2.48 bits per heavy atom. The number of nitriles is 1. The number of amides is 1. The van der Waals surface area contributed by atoms with Crippen molar-refractivity contribution < 1.29 is 19.1 Å². The Balaban J connectivity index is 0.978. The first-order valence-electron chi connectivity index (χ1n) is 16.1. The van der Waals surface area contributed by atoms with E-state index >= 15 is 0 Å². The highest BCUT2D eigenvalue weighted by Gasteiger charge is 2.63.